The van der Waals surface area contributed by atoms with Crippen molar-refractivity contribution in [1.82, 2.24) is 0 Å². The number of benzene rings is 2. The first-order chi connectivity index (χ1) is 11.4. The molecular weight excluding hydrogens is 411 g/mol. The minimum absolute atomic E-state index is 0. The summed E-state index contributed by atoms with van der Waals surface area (Å²) in [5.74, 6) is 1.92. The quantitative estimate of drug-likeness (QED) is 0.369. The van der Waals surface area contributed by atoms with Crippen LogP contribution in [0.3, 0.4) is 0 Å². The van der Waals surface area contributed by atoms with Crippen molar-refractivity contribution in [2.45, 2.75) is 41.5 Å². The number of aliphatic hydroxyl groups excluding tert-OH is 1. The van der Waals surface area contributed by atoms with Gasteiger partial charge in [0.25, 0.3) is 0 Å². The maximum absolute atomic E-state index is 7.00. The molecule has 148 valence electrons. The van der Waals surface area contributed by atoms with Crippen molar-refractivity contribution >= 4 is 41.2 Å². The second-order valence-corrected chi connectivity index (χ2v) is 6.64. The van der Waals surface area contributed by atoms with Crippen molar-refractivity contribution in [1.29, 1.82) is 0 Å². The van der Waals surface area contributed by atoms with E-state index in [1.54, 1.807) is 0 Å². The van der Waals surface area contributed by atoms with E-state index in [0.29, 0.717) is 5.92 Å². The van der Waals surface area contributed by atoms with E-state index in [1.807, 2.05) is 0 Å². The van der Waals surface area contributed by atoms with E-state index in [-0.39, 0.29) is 46.5 Å². The molecule has 0 saturated heterocycles. The number of hydrogen-bond acceptors (Lipinski definition) is 1. The predicted octanol–water partition coefficient (Wildman–Crippen LogP) is 7.08. The Kier molecular flexibility index (Phi) is 17.7. The van der Waals surface area contributed by atoms with E-state index >= 15 is 0 Å². The Hall–Kier alpha value is -0.566. The molecule has 0 aliphatic heterocycles. The van der Waals surface area contributed by atoms with Crippen molar-refractivity contribution in [2.75, 3.05) is 7.11 Å². The first-order valence-electron chi connectivity index (χ1n) is 8.42. The van der Waals surface area contributed by atoms with Crippen LogP contribution in [0.15, 0.2) is 53.6 Å². The summed E-state index contributed by atoms with van der Waals surface area (Å²) in [6, 6.07) is 16.4. The van der Waals surface area contributed by atoms with Gasteiger partial charge in [-0.1, -0.05) is 53.3 Å². The molecule has 1 aliphatic carbocycles. The Morgan fingerprint density at radius 3 is 1.93 bits per heavy atom. The van der Waals surface area contributed by atoms with Crippen molar-refractivity contribution in [3.8, 4) is 0 Å². The zero-order chi connectivity index (χ0) is 18.3. The summed E-state index contributed by atoms with van der Waals surface area (Å²) < 4.78 is 0. The molecule has 27 heavy (non-hydrogen) atoms. The summed E-state index contributed by atoms with van der Waals surface area (Å²) in [5.41, 5.74) is 5.48. The van der Waals surface area contributed by atoms with E-state index in [9.17, 15) is 0 Å². The third-order valence-electron chi connectivity index (χ3n) is 3.90. The van der Waals surface area contributed by atoms with Crippen LogP contribution >= 0.6 is 24.8 Å². The molecule has 0 spiro atoms. The van der Waals surface area contributed by atoms with E-state index in [2.05, 4.69) is 90.1 Å². The van der Waals surface area contributed by atoms with Crippen LogP contribution in [-0.2, 0) is 21.7 Å². The Balaban J connectivity index is -0.000000574. The number of fused-ring (bicyclic) bond motifs is 1. The SMILES string of the molecule is CC1=CC(C)C(c2[c-]c3ccccc3cc2)=C1C.CO.C[C-](C)C.Cl.Cl.[Ti+2]. The van der Waals surface area contributed by atoms with Gasteiger partial charge in [-0.25, -0.2) is 0 Å². The van der Waals surface area contributed by atoms with E-state index in [0.717, 1.165) is 7.11 Å². The molecule has 1 aliphatic rings. The Bertz CT molecular complexity index is 733. The summed E-state index contributed by atoms with van der Waals surface area (Å²) in [7, 11) is 1.00. The first-order valence-corrected chi connectivity index (χ1v) is 8.42. The van der Waals surface area contributed by atoms with E-state index in [1.165, 1.54) is 39.0 Å². The van der Waals surface area contributed by atoms with Gasteiger partial charge in [-0.2, -0.15) is 20.8 Å². The zero-order valence-electron chi connectivity index (χ0n) is 17.4. The molecule has 0 bridgehead atoms. The van der Waals surface area contributed by atoms with Crippen LogP contribution in [0.4, 0.5) is 0 Å². The topological polar surface area (TPSA) is 20.2 Å². The van der Waals surface area contributed by atoms with Gasteiger partial charge in [0.05, 0.1) is 0 Å². The van der Waals surface area contributed by atoms with Gasteiger partial charge in [0.15, 0.2) is 0 Å². The van der Waals surface area contributed by atoms with Crippen LogP contribution in [0.5, 0.6) is 0 Å². The van der Waals surface area contributed by atoms with Crippen LogP contribution in [-0.4, -0.2) is 12.2 Å². The molecule has 4 heteroatoms. The Labute approximate surface area is 193 Å². The summed E-state index contributed by atoms with van der Waals surface area (Å²) in [6.45, 7) is 12.9. The van der Waals surface area contributed by atoms with Crippen molar-refractivity contribution in [3.63, 3.8) is 0 Å². The molecule has 3 rings (SSSR count). The molecule has 1 N–H and O–H groups in total. The molecule has 0 amide bonds. The maximum atomic E-state index is 7.00. The molecule has 1 nitrogen and oxygen atoms in total. The monoisotopic (exact) mass is 442 g/mol. The van der Waals surface area contributed by atoms with Crippen LogP contribution in [0.2, 0.25) is 0 Å². The third kappa shape index (κ3) is 8.98. The molecule has 2 aromatic rings. The largest absolute Gasteiger partial charge is 2.00 e. The molecular formula is C23H32Cl2OTi. The van der Waals surface area contributed by atoms with Gasteiger partial charge in [-0.05, 0) is 19.8 Å². The molecule has 0 saturated carbocycles. The molecule has 0 fully saturated rings. The van der Waals surface area contributed by atoms with Gasteiger partial charge in [0.2, 0.25) is 0 Å². The smallest absolute Gasteiger partial charge is 0.400 e. The normalized spacial score (nSPS) is 14.6. The van der Waals surface area contributed by atoms with Gasteiger partial charge in [-0.3, -0.25) is 0 Å². The average molecular weight is 443 g/mol. The summed E-state index contributed by atoms with van der Waals surface area (Å²) in [6.07, 6.45) is 2.34. The summed E-state index contributed by atoms with van der Waals surface area (Å²) >= 11 is 0. The fourth-order valence-electron chi connectivity index (χ4n) is 2.86. The molecule has 1 unspecified atom stereocenters. The van der Waals surface area contributed by atoms with Crippen LogP contribution in [0.25, 0.3) is 16.3 Å². The van der Waals surface area contributed by atoms with Gasteiger partial charge >= 0.3 is 21.7 Å². The van der Waals surface area contributed by atoms with Crippen LogP contribution < -0.4 is 0 Å². The molecule has 0 heterocycles. The van der Waals surface area contributed by atoms with E-state index in [4.69, 9.17) is 5.11 Å². The number of halogens is 2. The second-order valence-electron chi connectivity index (χ2n) is 6.64. The number of allylic oxidation sites excluding steroid dienone is 4. The van der Waals surface area contributed by atoms with Crippen molar-refractivity contribution in [3.05, 3.63) is 71.2 Å². The fourth-order valence-corrected chi connectivity index (χ4v) is 2.86. The Morgan fingerprint density at radius 2 is 1.44 bits per heavy atom. The van der Waals surface area contributed by atoms with Crippen molar-refractivity contribution < 1.29 is 26.8 Å². The average Bonchev–Trinajstić information content (AvgIpc) is 2.81. The van der Waals surface area contributed by atoms with E-state index < -0.39 is 0 Å². The predicted molar refractivity (Wildman–Crippen MR) is 121 cm³/mol. The minimum Gasteiger partial charge on any atom is -0.400 e. The first kappa shape index (κ1) is 31.1. The minimum atomic E-state index is 0. The molecule has 0 radical (unpaired) electrons. The maximum Gasteiger partial charge on any atom is 2.00 e. The summed E-state index contributed by atoms with van der Waals surface area (Å²) in [5, 5.41) is 9.46. The van der Waals surface area contributed by atoms with Gasteiger partial charge < -0.3 is 11.0 Å². The fraction of sp³-hybridized carbons (Fsp3) is 0.348. The number of rotatable bonds is 1. The van der Waals surface area contributed by atoms with Crippen molar-refractivity contribution in [2.24, 2.45) is 5.92 Å². The van der Waals surface area contributed by atoms with Crippen LogP contribution in [0, 0.1) is 17.9 Å². The zero-order valence-corrected chi connectivity index (χ0v) is 20.6. The number of aliphatic hydroxyl groups is 1. The number of hydrogen-bond donors (Lipinski definition) is 1. The molecule has 2 aromatic carbocycles. The third-order valence-corrected chi connectivity index (χ3v) is 3.90. The van der Waals surface area contributed by atoms with Gasteiger partial charge in [0, 0.05) is 7.11 Å². The summed E-state index contributed by atoms with van der Waals surface area (Å²) in [4.78, 5) is 0. The molecule has 0 aromatic heterocycles. The molecule has 1 atom stereocenters. The standard InChI is InChI=1S/C18H17.C4H9.CH4O.2ClH.Ti/c1-12-10-13(2)18(14(12)3)17-9-8-15-6-4-5-7-16(15)11-17;1-4(2)3;1-2;;;/h4-10,13H,1-3H3;1-3H3;2H,1H3;2*1H;/q2*-1;;;;+2. The Morgan fingerprint density at radius 1 is 0.926 bits per heavy atom. The van der Waals surface area contributed by atoms with Gasteiger partial charge in [-0.15, -0.1) is 60.0 Å². The second kappa shape index (κ2) is 15.4. The van der Waals surface area contributed by atoms with Crippen LogP contribution in [0.1, 0.15) is 47.1 Å². The van der Waals surface area contributed by atoms with Gasteiger partial charge in [0.1, 0.15) is 0 Å².